The molecule has 0 heterocycles. The van der Waals surface area contributed by atoms with Crippen molar-refractivity contribution in [3.8, 4) is 0 Å². The van der Waals surface area contributed by atoms with Crippen molar-refractivity contribution in [1.82, 2.24) is 0 Å². The first kappa shape index (κ1) is 18.2. The second-order valence-electron chi connectivity index (χ2n) is 7.14. The lowest BCUT2D eigenvalue weighted by Crippen LogP contribution is -2.25. The molecule has 21 heavy (non-hydrogen) atoms. The first-order valence-corrected chi connectivity index (χ1v) is 8.55. The Morgan fingerprint density at radius 3 is 2.00 bits per heavy atom. The fourth-order valence-corrected chi connectivity index (χ4v) is 3.07. The van der Waals surface area contributed by atoms with Crippen LogP contribution in [-0.4, -0.2) is 11.2 Å². The van der Waals surface area contributed by atoms with Gasteiger partial charge in [-0.15, -0.1) is 0 Å². The van der Waals surface area contributed by atoms with Crippen LogP contribution in [0.15, 0.2) is 34.9 Å². The van der Waals surface area contributed by atoms with Gasteiger partial charge in [-0.05, 0) is 71.1 Å². The van der Waals surface area contributed by atoms with Gasteiger partial charge in [0.2, 0.25) is 0 Å². The topological polar surface area (TPSA) is 20.2 Å². The summed E-state index contributed by atoms with van der Waals surface area (Å²) in [5.74, 6) is 0.885. The van der Waals surface area contributed by atoms with Gasteiger partial charge >= 0.3 is 0 Å². The molecule has 1 N–H and O–H groups in total. The number of aliphatic hydroxyl groups is 1. The van der Waals surface area contributed by atoms with E-state index < -0.39 is 0 Å². The van der Waals surface area contributed by atoms with Crippen LogP contribution >= 0.6 is 0 Å². The van der Waals surface area contributed by atoms with Gasteiger partial charge in [0.05, 0.1) is 6.10 Å². The van der Waals surface area contributed by atoms with Crippen molar-refractivity contribution in [2.24, 2.45) is 11.8 Å². The summed E-state index contributed by atoms with van der Waals surface area (Å²) in [5.41, 5.74) is 4.28. The van der Waals surface area contributed by atoms with Crippen LogP contribution in [0.3, 0.4) is 0 Å². The maximum atomic E-state index is 10.6. The molecule has 0 aromatic heterocycles. The molecule has 0 aliphatic heterocycles. The minimum atomic E-state index is -0.218. The molecule has 0 aromatic rings. The van der Waals surface area contributed by atoms with Gasteiger partial charge in [-0.3, -0.25) is 0 Å². The normalized spacial score (nSPS) is 34.1. The molecule has 0 radical (unpaired) electrons. The van der Waals surface area contributed by atoms with Gasteiger partial charge in [-0.2, -0.15) is 0 Å². The van der Waals surface area contributed by atoms with Gasteiger partial charge in [0, 0.05) is 0 Å². The van der Waals surface area contributed by atoms with Crippen molar-refractivity contribution in [1.29, 1.82) is 0 Å². The zero-order chi connectivity index (χ0) is 15.8. The predicted molar refractivity (Wildman–Crippen MR) is 93.3 cm³/mol. The van der Waals surface area contributed by atoms with E-state index in [2.05, 4.69) is 52.8 Å². The SMILES string of the molecule is C/C1=C\CC/C(C)=C/C[C@H](C(C)C)[C@H](O)C/C(C)=C/CC1. The highest BCUT2D eigenvalue weighted by molar-refractivity contribution is 5.08. The van der Waals surface area contributed by atoms with Crippen LogP contribution in [-0.2, 0) is 0 Å². The summed E-state index contributed by atoms with van der Waals surface area (Å²) in [5, 5.41) is 10.6. The Balaban J connectivity index is 2.87. The number of aliphatic hydroxyl groups excluding tert-OH is 1. The van der Waals surface area contributed by atoms with Crippen LogP contribution in [0.25, 0.3) is 0 Å². The van der Waals surface area contributed by atoms with Gasteiger partial charge in [0.25, 0.3) is 0 Å². The van der Waals surface area contributed by atoms with Gasteiger partial charge in [-0.1, -0.05) is 48.8 Å². The largest absolute Gasteiger partial charge is 0.392 e. The predicted octanol–water partition coefficient (Wildman–Crippen LogP) is 5.81. The molecule has 0 unspecified atom stereocenters. The van der Waals surface area contributed by atoms with Crippen LogP contribution in [0.2, 0.25) is 0 Å². The van der Waals surface area contributed by atoms with E-state index in [1.54, 1.807) is 0 Å². The number of hydrogen-bond donors (Lipinski definition) is 1. The van der Waals surface area contributed by atoms with E-state index in [1.807, 2.05) is 0 Å². The zero-order valence-corrected chi connectivity index (χ0v) is 14.7. The van der Waals surface area contributed by atoms with E-state index in [0.717, 1.165) is 38.5 Å². The molecule has 0 saturated carbocycles. The zero-order valence-electron chi connectivity index (χ0n) is 14.7. The lowest BCUT2D eigenvalue weighted by Gasteiger charge is -2.26. The van der Waals surface area contributed by atoms with Gasteiger partial charge < -0.3 is 5.11 Å². The van der Waals surface area contributed by atoms with Crippen LogP contribution in [0.1, 0.15) is 73.1 Å². The van der Waals surface area contributed by atoms with Crippen molar-refractivity contribution in [2.75, 3.05) is 0 Å². The third kappa shape index (κ3) is 7.13. The van der Waals surface area contributed by atoms with Gasteiger partial charge in [0.15, 0.2) is 0 Å². The average molecular weight is 290 g/mol. The molecule has 0 fully saturated rings. The number of allylic oxidation sites excluding steroid dienone is 5. The molecular weight excluding hydrogens is 256 g/mol. The molecule has 1 aliphatic carbocycles. The van der Waals surface area contributed by atoms with E-state index in [1.165, 1.54) is 16.7 Å². The second-order valence-corrected chi connectivity index (χ2v) is 7.14. The third-order valence-corrected chi connectivity index (χ3v) is 4.68. The Kier molecular flexibility index (Phi) is 8.03. The minimum absolute atomic E-state index is 0.218. The standard InChI is InChI=1S/C20H34O/c1-15(2)19-13-12-17(4)10-6-8-16(3)9-7-11-18(5)14-20(19)21/h8,11-12,15,19-21H,6-7,9-10,13-14H2,1-5H3/b16-8+,17-12+,18-11+/t19-,20-/m1/s1. The molecular formula is C20H34O. The Labute approximate surface area is 131 Å². The summed E-state index contributed by atoms with van der Waals surface area (Å²) < 4.78 is 0. The molecule has 1 nitrogen and oxygen atoms in total. The highest BCUT2D eigenvalue weighted by Gasteiger charge is 2.21. The Morgan fingerprint density at radius 1 is 0.905 bits per heavy atom. The first-order chi connectivity index (χ1) is 9.90. The smallest absolute Gasteiger partial charge is 0.0610 e. The van der Waals surface area contributed by atoms with E-state index >= 15 is 0 Å². The van der Waals surface area contributed by atoms with Gasteiger partial charge in [0.1, 0.15) is 0 Å². The lowest BCUT2D eigenvalue weighted by molar-refractivity contribution is 0.0829. The summed E-state index contributed by atoms with van der Waals surface area (Å²) in [6.45, 7) is 11.1. The van der Waals surface area contributed by atoms with Crippen LogP contribution < -0.4 is 0 Å². The Hall–Kier alpha value is -0.820. The summed E-state index contributed by atoms with van der Waals surface area (Å²) in [6, 6.07) is 0. The molecule has 0 bridgehead atoms. The molecule has 1 aliphatic rings. The van der Waals surface area contributed by atoms with Crippen LogP contribution in [0, 0.1) is 11.8 Å². The van der Waals surface area contributed by atoms with Crippen molar-refractivity contribution in [3.05, 3.63) is 34.9 Å². The van der Waals surface area contributed by atoms with E-state index in [9.17, 15) is 5.11 Å². The first-order valence-electron chi connectivity index (χ1n) is 8.55. The molecule has 0 amide bonds. The van der Waals surface area contributed by atoms with Crippen LogP contribution in [0.5, 0.6) is 0 Å². The monoisotopic (exact) mass is 290 g/mol. The fraction of sp³-hybridized carbons (Fsp3) is 0.700. The van der Waals surface area contributed by atoms with Crippen molar-refractivity contribution < 1.29 is 5.11 Å². The van der Waals surface area contributed by atoms with Crippen LogP contribution in [0.4, 0.5) is 0 Å². The molecule has 1 heteroatoms. The molecule has 0 spiro atoms. The van der Waals surface area contributed by atoms with Gasteiger partial charge in [-0.25, -0.2) is 0 Å². The molecule has 1 rings (SSSR count). The highest BCUT2D eigenvalue weighted by Crippen LogP contribution is 2.26. The maximum Gasteiger partial charge on any atom is 0.0610 e. The second kappa shape index (κ2) is 9.25. The van der Waals surface area contributed by atoms with Crippen molar-refractivity contribution >= 4 is 0 Å². The summed E-state index contributed by atoms with van der Waals surface area (Å²) in [6.07, 6.45) is 13.2. The van der Waals surface area contributed by atoms with E-state index in [4.69, 9.17) is 0 Å². The van der Waals surface area contributed by atoms with Crippen molar-refractivity contribution in [3.63, 3.8) is 0 Å². The summed E-state index contributed by atoms with van der Waals surface area (Å²) in [4.78, 5) is 0. The number of hydrogen-bond acceptors (Lipinski definition) is 1. The Morgan fingerprint density at radius 2 is 1.43 bits per heavy atom. The number of rotatable bonds is 1. The maximum absolute atomic E-state index is 10.6. The van der Waals surface area contributed by atoms with E-state index in [0.29, 0.717) is 11.8 Å². The molecule has 2 atom stereocenters. The Bertz CT molecular complexity index is 398. The quantitative estimate of drug-likeness (QED) is 0.604. The van der Waals surface area contributed by atoms with E-state index in [-0.39, 0.29) is 6.10 Å². The van der Waals surface area contributed by atoms with Crippen molar-refractivity contribution in [2.45, 2.75) is 79.2 Å². The summed E-state index contributed by atoms with van der Waals surface area (Å²) >= 11 is 0. The molecule has 0 saturated heterocycles. The highest BCUT2D eigenvalue weighted by atomic mass is 16.3. The molecule has 120 valence electrons. The summed E-state index contributed by atoms with van der Waals surface area (Å²) in [7, 11) is 0. The fourth-order valence-electron chi connectivity index (χ4n) is 3.07. The lowest BCUT2D eigenvalue weighted by atomic mass is 9.83. The molecule has 0 aromatic carbocycles. The third-order valence-electron chi connectivity index (χ3n) is 4.68. The average Bonchev–Trinajstić information content (AvgIpc) is 2.37. The minimum Gasteiger partial charge on any atom is -0.392 e.